The molecule has 0 aromatic heterocycles. The summed E-state index contributed by atoms with van der Waals surface area (Å²) >= 11 is 5.59. The number of hydrogen-bond acceptors (Lipinski definition) is 5. The van der Waals surface area contributed by atoms with E-state index in [2.05, 4.69) is 0 Å². The van der Waals surface area contributed by atoms with Crippen LogP contribution in [0.5, 0.6) is 0 Å². The normalized spacial score (nSPS) is 9.94. The molecule has 0 fully saturated rings. The summed E-state index contributed by atoms with van der Waals surface area (Å²) < 4.78 is 0. The Morgan fingerprint density at radius 3 is 1.75 bits per heavy atom. The maximum atomic E-state index is 10.8. The molecule has 0 aliphatic carbocycles. The minimum Gasteiger partial charge on any atom is -0.366 e. The second-order valence-corrected chi connectivity index (χ2v) is 3.64. The molecule has 0 N–H and O–H groups in total. The number of halogens is 1. The summed E-state index contributed by atoms with van der Waals surface area (Å²) in [4.78, 5) is 21.4. The Balaban J connectivity index is 3.60. The summed E-state index contributed by atoms with van der Waals surface area (Å²) in [5.74, 6) is 0. The van der Waals surface area contributed by atoms with Crippen molar-refractivity contribution in [1.29, 1.82) is 0 Å². The van der Waals surface area contributed by atoms with Gasteiger partial charge in [0.1, 0.15) is 0 Å². The molecular weight excluding hydrogens is 238 g/mol. The highest BCUT2D eigenvalue weighted by Crippen LogP contribution is 2.38. The van der Waals surface area contributed by atoms with Gasteiger partial charge in [-0.05, 0) is 0 Å². The van der Waals surface area contributed by atoms with Crippen LogP contribution in [0.2, 0.25) is 5.02 Å². The van der Waals surface area contributed by atoms with Crippen molar-refractivity contribution in [2.45, 2.75) is 0 Å². The SMILES string of the molecule is CN(C)c1c([N+](=O)[O-])cc(Cl)cc1[N+](=O)[O-]. The second-order valence-electron chi connectivity index (χ2n) is 3.20. The first-order valence-electron chi connectivity index (χ1n) is 4.14. The molecule has 0 aliphatic heterocycles. The Hall–Kier alpha value is -1.89. The summed E-state index contributed by atoms with van der Waals surface area (Å²) in [7, 11) is 2.98. The summed E-state index contributed by atoms with van der Waals surface area (Å²) in [6, 6.07) is 2.17. The molecule has 0 spiro atoms. The Morgan fingerprint density at radius 1 is 1.12 bits per heavy atom. The van der Waals surface area contributed by atoms with Crippen molar-refractivity contribution in [2.75, 3.05) is 19.0 Å². The molecule has 0 saturated heterocycles. The Bertz CT molecular complexity index is 426. The third kappa shape index (κ3) is 2.19. The van der Waals surface area contributed by atoms with Gasteiger partial charge in [0.15, 0.2) is 5.69 Å². The predicted octanol–water partition coefficient (Wildman–Crippen LogP) is 2.22. The number of nitro benzene ring substituents is 2. The van der Waals surface area contributed by atoms with Crippen molar-refractivity contribution >= 4 is 28.7 Å². The fourth-order valence-corrected chi connectivity index (χ4v) is 1.51. The van der Waals surface area contributed by atoms with Crippen molar-refractivity contribution in [3.05, 3.63) is 37.4 Å². The molecule has 0 aliphatic rings. The van der Waals surface area contributed by atoms with Gasteiger partial charge in [-0.25, -0.2) is 0 Å². The van der Waals surface area contributed by atoms with Crippen LogP contribution in [0.3, 0.4) is 0 Å². The van der Waals surface area contributed by atoms with Crippen LogP contribution in [-0.4, -0.2) is 23.9 Å². The Kier molecular flexibility index (Phi) is 3.28. The van der Waals surface area contributed by atoms with Crippen molar-refractivity contribution in [1.82, 2.24) is 0 Å². The summed E-state index contributed by atoms with van der Waals surface area (Å²) in [5, 5.41) is 21.5. The number of nitro groups is 2. The fraction of sp³-hybridized carbons (Fsp3) is 0.250. The van der Waals surface area contributed by atoms with E-state index in [1.807, 2.05) is 0 Å². The van der Waals surface area contributed by atoms with Gasteiger partial charge in [0.25, 0.3) is 0 Å². The molecule has 16 heavy (non-hydrogen) atoms. The zero-order valence-electron chi connectivity index (χ0n) is 8.51. The standard InChI is InChI=1S/C8H8ClN3O4/c1-10(2)8-6(11(13)14)3-5(9)4-7(8)12(15)16/h3-4H,1-2H3. The maximum Gasteiger partial charge on any atom is 0.301 e. The van der Waals surface area contributed by atoms with Gasteiger partial charge in [-0.15, -0.1) is 0 Å². The number of hydrogen-bond donors (Lipinski definition) is 0. The van der Waals surface area contributed by atoms with E-state index in [9.17, 15) is 20.2 Å². The van der Waals surface area contributed by atoms with Crippen molar-refractivity contribution in [3.63, 3.8) is 0 Å². The Labute approximate surface area is 95.5 Å². The van der Waals surface area contributed by atoms with E-state index in [4.69, 9.17) is 11.6 Å². The van der Waals surface area contributed by atoms with E-state index in [1.54, 1.807) is 0 Å². The second kappa shape index (κ2) is 4.31. The van der Waals surface area contributed by atoms with Gasteiger partial charge < -0.3 is 4.90 Å². The van der Waals surface area contributed by atoms with E-state index in [-0.39, 0.29) is 22.1 Å². The molecule has 1 aromatic rings. The van der Waals surface area contributed by atoms with E-state index < -0.39 is 9.85 Å². The highest BCUT2D eigenvalue weighted by Gasteiger charge is 2.27. The average Bonchev–Trinajstić information content (AvgIpc) is 2.15. The molecule has 1 aromatic carbocycles. The van der Waals surface area contributed by atoms with E-state index >= 15 is 0 Å². The topological polar surface area (TPSA) is 89.5 Å². The van der Waals surface area contributed by atoms with Crippen LogP contribution in [0.1, 0.15) is 0 Å². The molecule has 1 rings (SSSR count). The van der Waals surface area contributed by atoms with Crippen LogP contribution < -0.4 is 4.90 Å². The third-order valence-corrected chi connectivity index (χ3v) is 2.09. The summed E-state index contributed by atoms with van der Waals surface area (Å²) in [6.07, 6.45) is 0. The molecule has 0 bridgehead atoms. The molecular formula is C8H8ClN3O4. The lowest BCUT2D eigenvalue weighted by molar-refractivity contribution is -0.392. The molecule has 86 valence electrons. The van der Waals surface area contributed by atoms with Crippen molar-refractivity contribution in [3.8, 4) is 0 Å². The first-order valence-corrected chi connectivity index (χ1v) is 4.52. The highest BCUT2D eigenvalue weighted by molar-refractivity contribution is 6.31. The van der Waals surface area contributed by atoms with Gasteiger partial charge in [-0.3, -0.25) is 20.2 Å². The fourth-order valence-electron chi connectivity index (χ4n) is 1.31. The Morgan fingerprint density at radius 2 is 1.50 bits per heavy atom. The number of nitrogens with zero attached hydrogens (tertiary/aromatic N) is 3. The van der Waals surface area contributed by atoms with E-state index in [0.29, 0.717) is 0 Å². The average molecular weight is 246 g/mol. The molecule has 0 heterocycles. The van der Waals surface area contributed by atoms with Gasteiger partial charge in [-0.1, -0.05) is 11.6 Å². The van der Waals surface area contributed by atoms with Gasteiger partial charge in [0.05, 0.1) is 14.9 Å². The van der Waals surface area contributed by atoms with Gasteiger partial charge in [0, 0.05) is 26.2 Å². The van der Waals surface area contributed by atoms with E-state index in [0.717, 1.165) is 12.1 Å². The number of benzene rings is 1. The van der Waals surface area contributed by atoms with Crippen LogP contribution >= 0.6 is 11.6 Å². The maximum absolute atomic E-state index is 10.8. The smallest absolute Gasteiger partial charge is 0.301 e. The van der Waals surface area contributed by atoms with Crippen LogP contribution in [0.4, 0.5) is 17.1 Å². The van der Waals surface area contributed by atoms with Crippen LogP contribution in [0.15, 0.2) is 12.1 Å². The minimum absolute atomic E-state index is 0.0380. The summed E-state index contributed by atoms with van der Waals surface area (Å²) in [6.45, 7) is 0. The largest absolute Gasteiger partial charge is 0.366 e. The lowest BCUT2D eigenvalue weighted by Crippen LogP contribution is -2.13. The minimum atomic E-state index is -0.700. The summed E-state index contributed by atoms with van der Waals surface area (Å²) in [5.41, 5.74) is -0.840. The molecule has 0 saturated carbocycles. The zero-order chi connectivity index (χ0) is 12.5. The van der Waals surface area contributed by atoms with Crippen LogP contribution in [-0.2, 0) is 0 Å². The van der Waals surface area contributed by atoms with Gasteiger partial charge in [0.2, 0.25) is 0 Å². The third-order valence-electron chi connectivity index (χ3n) is 1.88. The zero-order valence-corrected chi connectivity index (χ0v) is 9.26. The van der Waals surface area contributed by atoms with E-state index in [1.165, 1.54) is 19.0 Å². The predicted molar refractivity (Wildman–Crippen MR) is 59.1 cm³/mol. The molecule has 7 nitrogen and oxygen atoms in total. The van der Waals surface area contributed by atoms with Crippen molar-refractivity contribution in [2.24, 2.45) is 0 Å². The lowest BCUT2D eigenvalue weighted by Gasteiger charge is -2.12. The molecule has 0 unspecified atom stereocenters. The first kappa shape index (κ1) is 12.2. The molecule has 8 heteroatoms. The molecule has 0 amide bonds. The van der Waals surface area contributed by atoms with Gasteiger partial charge in [-0.2, -0.15) is 0 Å². The monoisotopic (exact) mass is 245 g/mol. The van der Waals surface area contributed by atoms with Crippen LogP contribution in [0, 0.1) is 20.2 Å². The molecule has 0 radical (unpaired) electrons. The first-order chi connectivity index (χ1) is 7.34. The van der Waals surface area contributed by atoms with Crippen LogP contribution in [0.25, 0.3) is 0 Å². The highest BCUT2D eigenvalue weighted by atomic mass is 35.5. The molecule has 0 atom stereocenters. The number of rotatable bonds is 3. The lowest BCUT2D eigenvalue weighted by atomic mass is 10.2. The van der Waals surface area contributed by atoms with Crippen molar-refractivity contribution < 1.29 is 9.85 Å². The van der Waals surface area contributed by atoms with Gasteiger partial charge >= 0.3 is 11.4 Å². The quantitative estimate of drug-likeness (QED) is 0.602. The number of anilines is 1.